The minimum Gasteiger partial charge on any atom is -0.283 e. The first kappa shape index (κ1) is 16.9. The average Bonchev–Trinajstić information content (AvgIpc) is 2.83. The van der Waals surface area contributed by atoms with Gasteiger partial charge < -0.3 is 0 Å². The summed E-state index contributed by atoms with van der Waals surface area (Å²) in [6.45, 7) is 6.51. The molecule has 0 unspecified atom stereocenters. The third-order valence-electron chi connectivity index (χ3n) is 3.91. The molecule has 0 spiro atoms. The largest absolute Gasteiger partial charge is 0.283 e. The van der Waals surface area contributed by atoms with Crippen LogP contribution in [-0.4, -0.2) is 16.7 Å². The van der Waals surface area contributed by atoms with Gasteiger partial charge in [-0.2, -0.15) is 0 Å². The van der Waals surface area contributed by atoms with Crippen molar-refractivity contribution < 1.29 is 8.42 Å². The maximum absolute atomic E-state index is 11.4. The number of nitrogens with two attached hydrogens (primary N) is 1. The Balaban J connectivity index is 2.00. The van der Waals surface area contributed by atoms with Crippen molar-refractivity contribution in [3.8, 4) is 0 Å². The van der Waals surface area contributed by atoms with Crippen LogP contribution in [-0.2, 0) is 10.0 Å². The molecule has 0 saturated heterocycles. The molecular weight excluding hydrogens is 338 g/mol. The first-order valence-electron chi connectivity index (χ1n) is 7.66. The minimum atomic E-state index is -3.68. The lowest BCUT2D eigenvalue weighted by atomic mass is 10.1. The van der Waals surface area contributed by atoms with E-state index in [4.69, 9.17) is 5.14 Å². The van der Waals surface area contributed by atoms with Gasteiger partial charge in [0.1, 0.15) is 0 Å². The van der Waals surface area contributed by atoms with E-state index in [2.05, 4.69) is 55.1 Å². The number of rotatable bonds is 3. The van der Waals surface area contributed by atoms with Crippen molar-refractivity contribution >= 4 is 29.6 Å². The molecule has 0 aliphatic carbocycles. The number of benzene rings is 2. The van der Waals surface area contributed by atoms with Crippen molar-refractivity contribution in [2.75, 3.05) is 5.01 Å². The fraction of sp³-hybridized carbons (Fsp3) is 0.176. The second-order valence-corrected chi connectivity index (χ2v) is 12.1. The van der Waals surface area contributed by atoms with Crippen LogP contribution in [0.25, 0.3) is 5.70 Å². The summed E-state index contributed by atoms with van der Waals surface area (Å²) in [6.07, 6.45) is 0. The lowest BCUT2D eigenvalue weighted by molar-refractivity contribution is 0.598. The summed E-state index contributed by atoms with van der Waals surface area (Å²) in [6, 6.07) is 15.0. The molecule has 1 aliphatic rings. The molecule has 0 amide bonds. The predicted octanol–water partition coefficient (Wildman–Crippen LogP) is 2.75. The van der Waals surface area contributed by atoms with E-state index in [1.165, 1.54) is 17.7 Å². The normalized spacial score (nSPS) is 17.0. The Morgan fingerprint density at radius 2 is 1.58 bits per heavy atom. The Kier molecular flexibility index (Phi) is 4.12. The van der Waals surface area contributed by atoms with Gasteiger partial charge in [0.15, 0.2) is 8.24 Å². The Morgan fingerprint density at radius 1 is 1.00 bits per heavy atom. The van der Waals surface area contributed by atoms with Gasteiger partial charge in [0, 0.05) is 0 Å². The Morgan fingerprint density at radius 3 is 2.12 bits per heavy atom. The zero-order valence-electron chi connectivity index (χ0n) is 13.9. The first-order valence-corrected chi connectivity index (χ1v) is 12.3. The maximum Gasteiger partial charge on any atom is 0.238 e. The standard InChI is InChI=1S/C17H21N3O2SSi/c1-13-4-6-14(7-5-13)17-12-24(2,3)19-20(17)15-8-10-16(11-9-15)23(18,21)22/h4-12,19H,1-3H3,(H2,18,21,22). The molecule has 7 heteroatoms. The van der Waals surface area contributed by atoms with E-state index >= 15 is 0 Å². The van der Waals surface area contributed by atoms with E-state index in [9.17, 15) is 8.42 Å². The minimum absolute atomic E-state index is 0.114. The molecule has 0 fully saturated rings. The van der Waals surface area contributed by atoms with Crippen molar-refractivity contribution in [1.82, 2.24) is 5.09 Å². The molecule has 2 aromatic carbocycles. The Hall–Kier alpha value is -1.93. The second-order valence-electron chi connectivity index (χ2n) is 6.60. The smallest absolute Gasteiger partial charge is 0.238 e. The molecule has 24 heavy (non-hydrogen) atoms. The molecule has 2 aromatic rings. The van der Waals surface area contributed by atoms with E-state index < -0.39 is 18.3 Å². The average molecular weight is 360 g/mol. The summed E-state index contributed by atoms with van der Waals surface area (Å²) in [4.78, 5) is 0.114. The van der Waals surface area contributed by atoms with Crippen molar-refractivity contribution in [3.05, 3.63) is 65.4 Å². The molecule has 3 N–H and O–H groups in total. The summed E-state index contributed by atoms with van der Waals surface area (Å²) < 4.78 is 22.9. The van der Waals surface area contributed by atoms with Crippen LogP contribution in [0, 0.1) is 6.92 Å². The fourth-order valence-electron chi connectivity index (χ4n) is 2.71. The van der Waals surface area contributed by atoms with Crippen LogP contribution in [0.2, 0.25) is 13.1 Å². The maximum atomic E-state index is 11.4. The number of hydrogen-bond acceptors (Lipinski definition) is 4. The SMILES string of the molecule is Cc1ccc(C2=C[Si](C)(C)NN2c2ccc(S(N)(=O)=O)cc2)cc1. The Labute approximate surface area is 143 Å². The molecule has 0 bridgehead atoms. The van der Waals surface area contributed by atoms with Gasteiger partial charge in [0.05, 0.1) is 16.3 Å². The van der Waals surface area contributed by atoms with Gasteiger partial charge in [-0.25, -0.2) is 18.6 Å². The molecule has 0 radical (unpaired) electrons. The molecule has 5 nitrogen and oxygen atoms in total. The van der Waals surface area contributed by atoms with Gasteiger partial charge in [-0.1, -0.05) is 48.6 Å². The highest BCUT2D eigenvalue weighted by molar-refractivity contribution is 7.89. The summed E-state index contributed by atoms with van der Waals surface area (Å²) in [5.41, 5.74) is 6.61. The number of sulfonamides is 1. The molecular formula is C17H21N3O2SSi. The van der Waals surface area contributed by atoms with E-state index in [1.54, 1.807) is 12.1 Å². The quantitative estimate of drug-likeness (QED) is 0.826. The lowest BCUT2D eigenvalue weighted by Crippen LogP contribution is -2.47. The highest BCUT2D eigenvalue weighted by atomic mass is 32.2. The molecule has 1 heterocycles. The lowest BCUT2D eigenvalue weighted by Gasteiger charge is -2.26. The van der Waals surface area contributed by atoms with Crippen molar-refractivity contribution in [3.63, 3.8) is 0 Å². The monoisotopic (exact) mass is 359 g/mol. The third-order valence-corrected chi connectivity index (χ3v) is 6.63. The number of anilines is 1. The van der Waals surface area contributed by atoms with Crippen LogP contribution >= 0.6 is 0 Å². The number of primary sulfonamides is 1. The molecule has 3 rings (SSSR count). The van der Waals surface area contributed by atoms with Crippen LogP contribution in [0.3, 0.4) is 0 Å². The summed E-state index contributed by atoms with van der Waals surface area (Å²) in [7, 11) is -5.41. The van der Waals surface area contributed by atoms with E-state index in [1.807, 2.05) is 5.01 Å². The summed E-state index contributed by atoms with van der Waals surface area (Å²) >= 11 is 0. The van der Waals surface area contributed by atoms with Crippen LogP contribution in [0.1, 0.15) is 11.1 Å². The van der Waals surface area contributed by atoms with Crippen molar-refractivity contribution in [1.29, 1.82) is 0 Å². The fourth-order valence-corrected chi connectivity index (χ4v) is 5.10. The number of nitrogens with zero attached hydrogens (tertiary/aromatic N) is 1. The highest BCUT2D eigenvalue weighted by Crippen LogP contribution is 2.32. The topological polar surface area (TPSA) is 75.4 Å². The molecule has 0 atom stereocenters. The van der Waals surface area contributed by atoms with E-state index in [-0.39, 0.29) is 4.90 Å². The van der Waals surface area contributed by atoms with Crippen LogP contribution in [0.4, 0.5) is 5.69 Å². The molecule has 0 saturated carbocycles. The third kappa shape index (κ3) is 3.44. The molecule has 126 valence electrons. The van der Waals surface area contributed by atoms with Crippen LogP contribution < -0.4 is 15.2 Å². The van der Waals surface area contributed by atoms with Crippen molar-refractivity contribution in [2.24, 2.45) is 5.14 Å². The number of hydrogen-bond donors (Lipinski definition) is 2. The highest BCUT2D eigenvalue weighted by Gasteiger charge is 2.32. The first-order chi connectivity index (χ1) is 11.2. The zero-order valence-corrected chi connectivity index (χ0v) is 15.8. The van der Waals surface area contributed by atoms with Gasteiger partial charge in [0.2, 0.25) is 10.0 Å². The zero-order chi connectivity index (χ0) is 17.5. The molecule has 1 aliphatic heterocycles. The van der Waals surface area contributed by atoms with Gasteiger partial charge in [-0.3, -0.25) is 5.01 Å². The van der Waals surface area contributed by atoms with Crippen LogP contribution in [0.5, 0.6) is 0 Å². The van der Waals surface area contributed by atoms with Gasteiger partial charge in [-0.15, -0.1) is 0 Å². The van der Waals surface area contributed by atoms with E-state index in [0.29, 0.717) is 0 Å². The summed E-state index contributed by atoms with van der Waals surface area (Å²) in [5, 5.41) is 10.8. The Bertz CT molecular complexity index is 888. The summed E-state index contributed by atoms with van der Waals surface area (Å²) in [5.74, 6) is 0. The van der Waals surface area contributed by atoms with E-state index in [0.717, 1.165) is 16.9 Å². The molecule has 0 aromatic heterocycles. The van der Waals surface area contributed by atoms with Crippen molar-refractivity contribution in [2.45, 2.75) is 24.9 Å². The predicted molar refractivity (Wildman–Crippen MR) is 100 cm³/mol. The number of nitrogens with one attached hydrogen (secondary N) is 1. The second kappa shape index (κ2) is 5.85. The van der Waals surface area contributed by atoms with Gasteiger partial charge >= 0.3 is 0 Å². The van der Waals surface area contributed by atoms with Gasteiger partial charge in [0.25, 0.3) is 0 Å². The van der Waals surface area contributed by atoms with Gasteiger partial charge in [-0.05, 0) is 36.8 Å². The number of aryl methyl sites for hydroxylation is 1. The van der Waals surface area contributed by atoms with Crippen LogP contribution in [0.15, 0.2) is 59.1 Å². The number of hydrazine groups is 1.